The predicted octanol–water partition coefficient (Wildman–Crippen LogP) is 4.26. The number of carbonyl (C=O) groups is 2. The second-order valence-corrected chi connectivity index (χ2v) is 6.01. The van der Waals surface area contributed by atoms with Crippen molar-refractivity contribution < 1.29 is 14.3 Å². The molecule has 0 radical (unpaired) electrons. The zero-order valence-electron chi connectivity index (χ0n) is 13.5. The van der Waals surface area contributed by atoms with Crippen LogP contribution in [-0.4, -0.2) is 18.9 Å². The average Bonchev–Trinajstić information content (AvgIpc) is 3.18. The van der Waals surface area contributed by atoms with Crippen molar-refractivity contribution >= 4 is 34.5 Å². The van der Waals surface area contributed by atoms with Crippen LogP contribution < -0.4 is 15.4 Å². The standard InChI is InChI=1S/C19H16N2O3S/c1-24-17-8-6-16(7-9-17)20-18(22)13-2-4-15(5-3-13)21-19(23)14-10-11-25-12-14/h2-12H,1H3,(H,20,22)(H,21,23). The zero-order valence-corrected chi connectivity index (χ0v) is 14.3. The molecule has 0 fully saturated rings. The van der Waals surface area contributed by atoms with Crippen LogP contribution in [0.5, 0.6) is 5.75 Å². The lowest BCUT2D eigenvalue weighted by Gasteiger charge is -2.08. The summed E-state index contributed by atoms with van der Waals surface area (Å²) in [5, 5.41) is 9.24. The molecule has 25 heavy (non-hydrogen) atoms. The fraction of sp³-hybridized carbons (Fsp3) is 0.0526. The van der Waals surface area contributed by atoms with Gasteiger partial charge in [0, 0.05) is 22.3 Å². The molecule has 6 heteroatoms. The van der Waals surface area contributed by atoms with Crippen molar-refractivity contribution in [2.45, 2.75) is 0 Å². The van der Waals surface area contributed by atoms with Gasteiger partial charge in [-0.3, -0.25) is 9.59 Å². The number of benzene rings is 2. The molecular weight excluding hydrogens is 336 g/mol. The van der Waals surface area contributed by atoms with Gasteiger partial charge in [0.25, 0.3) is 11.8 Å². The molecule has 0 aliphatic heterocycles. The molecule has 0 saturated heterocycles. The molecule has 3 rings (SSSR count). The van der Waals surface area contributed by atoms with Crippen LogP contribution in [0.25, 0.3) is 0 Å². The minimum atomic E-state index is -0.221. The van der Waals surface area contributed by atoms with Crippen LogP contribution in [0.1, 0.15) is 20.7 Å². The number of methoxy groups -OCH3 is 1. The summed E-state index contributed by atoms with van der Waals surface area (Å²) >= 11 is 1.47. The molecule has 1 aromatic heterocycles. The quantitative estimate of drug-likeness (QED) is 0.721. The zero-order chi connectivity index (χ0) is 17.6. The first-order valence-corrected chi connectivity index (χ1v) is 8.49. The Morgan fingerprint density at radius 3 is 1.88 bits per heavy atom. The molecule has 0 bridgehead atoms. The average molecular weight is 352 g/mol. The highest BCUT2D eigenvalue weighted by atomic mass is 32.1. The van der Waals surface area contributed by atoms with Crippen molar-refractivity contribution in [1.82, 2.24) is 0 Å². The normalized spacial score (nSPS) is 10.1. The van der Waals surface area contributed by atoms with E-state index in [1.54, 1.807) is 67.1 Å². The molecule has 2 amide bonds. The highest BCUT2D eigenvalue weighted by Gasteiger charge is 2.09. The molecule has 126 valence electrons. The van der Waals surface area contributed by atoms with Gasteiger partial charge >= 0.3 is 0 Å². The lowest BCUT2D eigenvalue weighted by molar-refractivity contribution is 0.102. The summed E-state index contributed by atoms with van der Waals surface area (Å²) in [6.07, 6.45) is 0. The monoisotopic (exact) mass is 352 g/mol. The maximum atomic E-state index is 12.3. The van der Waals surface area contributed by atoms with Crippen molar-refractivity contribution in [3.63, 3.8) is 0 Å². The summed E-state index contributed by atoms with van der Waals surface area (Å²) in [5.41, 5.74) is 2.44. The second-order valence-electron chi connectivity index (χ2n) is 5.23. The molecule has 3 aromatic rings. The summed E-state index contributed by atoms with van der Waals surface area (Å²) in [6.45, 7) is 0. The molecule has 5 nitrogen and oxygen atoms in total. The van der Waals surface area contributed by atoms with E-state index >= 15 is 0 Å². The molecule has 0 aliphatic rings. The second kappa shape index (κ2) is 7.63. The molecule has 0 saturated carbocycles. The Kier molecular flexibility index (Phi) is 5.11. The van der Waals surface area contributed by atoms with Crippen molar-refractivity contribution in [2.75, 3.05) is 17.7 Å². The van der Waals surface area contributed by atoms with Crippen molar-refractivity contribution in [2.24, 2.45) is 0 Å². The van der Waals surface area contributed by atoms with Crippen molar-refractivity contribution in [3.05, 3.63) is 76.5 Å². The van der Waals surface area contributed by atoms with Gasteiger partial charge in [0.05, 0.1) is 12.7 Å². The molecule has 0 spiro atoms. The number of nitrogens with one attached hydrogen (secondary N) is 2. The molecule has 0 atom stereocenters. The number of anilines is 2. The maximum absolute atomic E-state index is 12.3. The number of hydrogen-bond acceptors (Lipinski definition) is 4. The lowest BCUT2D eigenvalue weighted by atomic mass is 10.2. The molecule has 0 aliphatic carbocycles. The van der Waals surface area contributed by atoms with Gasteiger partial charge < -0.3 is 15.4 Å². The molecule has 2 aromatic carbocycles. The number of carbonyl (C=O) groups excluding carboxylic acids is 2. The Morgan fingerprint density at radius 1 is 0.800 bits per heavy atom. The van der Waals surface area contributed by atoms with Gasteiger partial charge in [-0.05, 0) is 60.0 Å². The van der Waals surface area contributed by atoms with Crippen LogP contribution in [0.15, 0.2) is 65.4 Å². The van der Waals surface area contributed by atoms with E-state index in [9.17, 15) is 9.59 Å². The van der Waals surface area contributed by atoms with Gasteiger partial charge in [0.2, 0.25) is 0 Å². The van der Waals surface area contributed by atoms with Crippen LogP contribution in [-0.2, 0) is 0 Å². The molecule has 1 heterocycles. The third-order valence-corrected chi connectivity index (χ3v) is 4.22. The topological polar surface area (TPSA) is 67.4 Å². The first-order valence-electron chi connectivity index (χ1n) is 7.55. The van der Waals surface area contributed by atoms with Crippen LogP contribution >= 0.6 is 11.3 Å². The van der Waals surface area contributed by atoms with Crippen LogP contribution in [0.3, 0.4) is 0 Å². The molecule has 2 N–H and O–H groups in total. The SMILES string of the molecule is COc1ccc(NC(=O)c2ccc(NC(=O)c3ccsc3)cc2)cc1. The fourth-order valence-corrected chi connectivity index (χ4v) is 2.82. The highest BCUT2D eigenvalue weighted by molar-refractivity contribution is 7.08. The van der Waals surface area contributed by atoms with Gasteiger partial charge in [-0.1, -0.05) is 0 Å². The lowest BCUT2D eigenvalue weighted by Crippen LogP contribution is -2.13. The Labute approximate surface area is 149 Å². The first kappa shape index (κ1) is 16.7. The van der Waals surface area contributed by atoms with Crippen LogP contribution in [0, 0.1) is 0 Å². The summed E-state index contributed by atoms with van der Waals surface area (Å²) in [7, 11) is 1.59. The Hall–Kier alpha value is -3.12. The van der Waals surface area contributed by atoms with Crippen LogP contribution in [0.4, 0.5) is 11.4 Å². The smallest absolute Gasteiger partial charge is 0.256 e. The summed E-state index contributed by atoms with van der Waals surface area (Å²) < 4.78 is 5.08. The van der Waals surface area contributed by atoms with Gasteiger partial charge in [-0.2, -0.15) is 11.3 Å². The van der Waals surface area contributed by atoms with Gasteiger partial charge in [-0.25, -0.2) is 0 Å². The predicted molar refractivity (Wildman–Crippen MR) is 99.7 cm³/mol. The van der Waals surface area contributed by atoms with Gasteiger partial charge in [0.1, 0.15) is 5.75 Å². The first-order chi connectivity index (χ1) is 12.2. The number of ether oxygens (including phenoxy) is 1. The largest absolute Gasteiger partial charge is 0.497 e. The van der Waals surface area contributed by atoms with E-state index in [0.717, 1.165) is 5.75 Å². The Morgan fingerprint density at radius 2 is 1.36 bits per heavy atom. The third kappa shape index (κ3) is 4.24. The summed E-state index contributed by atoms with van der Waals surface area (Å²) in [6, 6.07) is 15.6. The highest BCUT2D eigenvalue weighted by Crippen LogP contribution is 2.17. The minimum Gasteiger partial charge on any atom is -0.497 e. The summed E-state index contributed by atoms with van der Waals surface area (Å²) in [4.78, 5) is 24.3. The number of thiophene rings is 1. The molecular formula is C19H16N2O3S. The number of amides is 2. The van der Waals surface area contributed by atoms with Crippen molar-refractivity contribution in [1.29, 1.82) is 0 Å². The van der Waals surface area contributed by atoms with E-state index in [-0.39, 0.29) is 11.8 Å². The van der Waals surface area contributed by atoms with Crippen molar-refractivity contribution in [3.8, 4) is 5.75 Å². The minimum absolute atomic E-state index is 0.170. The van der Waals surface area contributed by atoms with E-state index in [1.165, 1.54) is 11.3 Å². The fourth-order valence-electron chi connectivity index (χ4n) is 2.18. The van der Waals surface area contributed by atoms with E-state index < -0.39 is 0 Å². The molecule has 0 unspecified atom stereocenters. The summed E-state index contributed by atoms with van der Waals surface area (Å²) in [5.74, 6) is 0.335. The Balaban J connectivity index is 1.62. The third-order valence-electron chi connectivity index (χ3n) is 3.54. The van der Waals surface area contributed by atoms with Gasteiger partial charge in [-0.15, -0.1) is 0 Å². The maximum Gasteiger partial charge on any atom is 0.256 e. The van der Waals surface area contributed by atoms with E-state index in [1.807, 2.05) is 5.38 Å². The van der Waals surface area contributed by atoms with E-state index in [0.29, 0.717) is 22.5 Å². The van der Waals surface area contributed by atoms with Gasteiger partial charge in [0.15, 0.2) is 0 Å². The van der Waals surface area contributed by atoms with Crippen LogP contribution in [0.2, 0.25) is 0 Å². The number of hydrogen-bond donors (Lipinski definition) is 2. The number of rotatable bonds is 5. The van der Waals surface area contributed by atoms with E-state index in [4.69, 9.17) is 4.74 Å². The Bertz CT molecular complexity index is 857. The van der Waals surface area contributed by atoms with E-state index in [2.05, 4.69) is 10.6 Å².